The first kappa shape index (κ1) is 21.6. The summed E-state index contributed by atoms with van der Waals surface area (Å²) in [7, 11) is 1.23. The molecule has 162 valence electrons. The summed E-state index contributed by atoms with van der Waals surface area (Å²) in [5.41, 5.74) is 0.783. The lowest BCUT2D eigenvalue weighted by molar-refractivity contribution is -0.116. The van der Waals surface area contributed by atoms with E-state index in [9.17, 15) is 18.8 Å². The quantitative estimate of drug-likeness (QED) is 0.695. The minimum atomic E-state index is -0.656. The smallest absolute Gasteiger partial charge is 0.409 e. The third-order valence-electron chi connectivity index (χ3n) is 4.97. The minimum Gasteiger partial charge on any atom is -0.464 e. The minimum absolute atomic E-state index is 0.0644. The number of hydrogen-bond donors (Lipinski definition) is 2. The molecule has 1 aromatic carbocycles. The van der Waals surface area contributed by atoms with Crippen LogP contribution >= 0.6 is 0 Å². The number of rotatable bonds is 6. The number of ether oxygens (including phenoxy) is 2. The molecule has 0 radical (unpaired) electrons. The van der Waals surface area contributed by atoms with Crippen molar-refractivity contribution in [2.75, 3.05) is 51.8 Å². The van der Waals surface area contributed by atoms with Crippen molar-refractivity contribution in [1.29, 1.82) is 0 Å². The number of carbonyl (C=O) groups excluding carboxylic acids is 3. The monoisotopic (exact) mass is 420 g/mol. The fourth-order valence-corrected chi connectivity index (χ4v) is 3.38. The molecular weight excluding hydrogens is 395 g/mol. The van der Waals surface area contributed by atoms with Crippen LogP contribution in [-0.4, -0.2) is 79.2 Å². The van der Waals surface area contributed by atoms with Gasteiger partial charge >= 0.3 is 12.1 Å². The fraction of sp³-hybridized carbons (Fsp3) is 0.450. The second-order valence-corrected chi connectivity index (χ2v) is 6.88. The maximum Gasteiger partial charge on any atom is 0.409 e. The third kappa shape index (κ3) is 4.88. The van der Waals surface area contributed by atoms with Gasteiger partial charge in [0.1, 0.15) is 11.5 Å². The van der Waals surface area contributed by atoms with Crippen molar-refractivity contribution in [3.05, 3.63) is 29.7 Å². The van der Waals surface area contributed by atoms with Gasteiger partial charge < -0.3 is 24.7 Å². The molecule has 0 atom stereocenters. The Morgan fingerprint density at radius 1 is 1.20 bits per heavy atom. The molecule has 0 aliphatic carbocycles. The molecule has 0 bridgehead atoms. The summed E-state index contributed by atoms with van der Waals surface area (Å²) < 4.78 is 23.4. The summed E-state index contributed by atoms with van der Waals surface area (Å²) in [6.45, 7) is 4.94. The number of aromatic amines is 1. The van der Waals surface area contributed by atoms with Crippen LogP contribution in [0.15, 0.2) is 18.2 Å². The van der Waals surface area contributed by atoms with E-state index in [0.717, 1.165) is 0 Å². The van der Waals surface area contributed by atoms with E-state index < -0.39 is 11.8 Å². The highest BCUT2D eigenvalue weighted by molar-refractivity contribution is 6.10. The van der Waals surface area contributed by atoms with E-state index in [1.807, 2.05) is 0 Å². The van der Waals surface area contributed by atoms with E-state index in [1.165, 1.54) is 25.3 Å². The van der Waals surface area contributed by atoms with Crippen molar-refractivity contribution < 1.29 is 28.2 Å². The maximum atomic E-state index is 13.7. The molecule has 1 aromatic heterocycles. The number of H-pyrrole nitrogens is 1. The van der Waals surface area contributed by atoms with E-state index >= 15 is 0 Å². The molecule has 1 saturated heterocycles. The number of amides is 2. The number of nitrogens with one attached hydrogen (secondary N) is 2. The Kier molecular flexibility index (Phi) is 6.88. The number of esters is 1. The average Bonchev–Trinajstić information content (AvgIpc) is 3.09. The van der Waals surface area contributed by atoms with Crippen LogP contribution in [0.2, 0.25) is 0 Å². The number of fused-ring (bicyclic) bond motifs is 1. The molecule has 2 amide bonds. The van der Waals surface area contributed by atoms with Crippen molar-refractivity contribution in [3.63, 3.8) is 0 Å². The van der Waals surface area contributed by atoms with Crippen LogP contribution in [0.1, 0.15) is 23.8 Å². The number of carbonyl (C=O) groups is 3. The zero-order valence-corrected chi connectivity index (χ0v) is 17.0. The van der Waals surface area contributed by atoms with Gasteiger partial charge in [-0.1, -0.05) is 0 Å². The molecule has 30 heavy (non-hydrogen) atoms. The molecule has 1 aliphatic rings. The van der Waals surface area contributed by atoms with Gasteiger partial charge in [-0.3, -0.25) is 9.69 Å². The normalized spacial score (nSPS) is 14.6. The van der Waals surface area contributed by atoms with E-state index in [1.54, 1.807) is 11.8 Å². The van der Waals surface area contributed by atoms with E-state index in [-0.39, 0.29) is 29.8 Å². The highest BCUT2D eigenvalue weighted by Gasteiger charge is 2.23. The second kappa shape index (κ2) is 9.57. The number of benzene rings is 1. The van der Waals surface area contributed by atoms with Crippen molar-refractivity contribution in [1.82, 2.24) is 14.8 Å². The van der Waals surface area contributed by atoms with Crippen LogP contribution in [0.25, 0.3) is 10.9 Å². The number of aromatic nitrogens is 1. The van der Waals surface area contributed by atoms with E-state index in [0.29, 0.717) is 50.2 Å². The van der Waals surface area contributed by atoms with Gasteiger partial charge in [0, 0.05) is 50.0 Å². The van der Waals surface area contributed by atoms with Crippen LogP contribution in [0, 0.1) is 5.82 Å². The molecule has 0 saturated carbocycles. The zero-order valence-electron chi connectivity index (χ0n) is 17.0. The molecule has 1 fully saturated rings. The average molecular weight is 420 g/mol. The molecule has 2 aromatic rings. The first-order chi connectivity index (χ1) is 14.4. The second-order valence-electron chi connectivity index (χ2n) is 6.88. The molecule has 9 nitrogen and oxygen atoms in total. The standard InChI is InChI=1S/C20H25FN4O5/c1-3-30-20(28)25-10-8-24(9-11-25)7-6-16(26)23-17-14-12-13(21)4-5-15(14)22-18(17)19(27)29-2/h4-5,12,22H,3,6-11H2,1-2H3,(H,23,26). The zero-order chi connectivity index (χ0) is 21.7. The number of nitrogens with zero attached hydrogens (tertiary/aromatic N) is 2. The predicted octanol–water partition coefficient (Wildman–Crippen LogP) is 2.20. The Morgan fingerprint density at radius 3 is 2.60 bits per heavy atom. The number of halogens is 1. The Bertz CT molecular complexity index is 937. The summed E-state index contributed by atoms with van der Waals surface area (Å²) in [5.74, 6) is -1.44. The Morgan fingerprint density at radius 2 is 1.93 bits per heavy atom. The molecule has 2 heterocycles. The van der Waals surface area contributed by atoms with Crippen LogP contribution in [0.5, 0.6) is 0 Å². The lowest BCUT2D eigenvalue weighted by Gasteiger charge is -2.33. The van der Waals surface area contributed by atoms with Gasteiger partial charge in [0.2, 0.25) is 5.91 Å². The third-order valence-corrected chi connectivity index (χ3v) is 4.97. The largest absolute Gasteiger partial charge is 0.464 e. The molecular formula is C20H25FN4O5. The molecule has 10 heteroatoms. The van der Waals surface area contributed by atoms with Gasteiger partial charge in [-0.05, 0) is 25.1 Å². The van der Waals surface area contributed by atoms with Gasteiger partial charge in [0.15, 0.2) is 0 Å². The van der Waals surface area contributed by atoms with Gasteiger partial charge in [-0.2, -0.15) is 0 Å². The Hall–Kier alpha value is -3.14. The molecule has 0 unspecified atom stereocenters. The van der Waals surface area contributed by atoms with Crippen LogP contribution in [0.3, 0.4) is 0 Å². The van der Waals surface area contributed by atoms with Crippen molar-refractivity contribution in [2.45, 2.75) is 13.3 Å². The summed E-state index contributed by atoms with van der Waals surface area (Å²) in [6, 6.07) is 4.01. The molecule has 3 rings (SSSR count). The Balaban J connectivity index is 1.60. The molecule has 0 spiro atoms. The van der Waals surface area contributed by atoms with Crippen molar-refractivity contribution in [3.8, 4) is 0 Å². The SMILES string of the molecule is CCOC(=O)N1CCN(CCC(=O)Nc2c(C(=O)OC)[nH]c3ccc(F)cc23)CC1. The van der Waals surface area contributed by atoms with Crippen LogP contribution < -0.4 is 5.32 Å². The van der Waals surface area contributed by atoms with Crippen molar-refractivity contribution in [2.24, 2.45) is 0 Å². The van der Waals surface area contributed by atoms with E-state index in [4.69, 9.17) is 9.47 Å². The van der Waals surface area contributed by atoms with Gasteiger partial charge in [-0.25, -0.2) is 14.0 Å². The van der Waals surface area contributed by atoms with Crippen LogP contribution in [-0.2, 0) is 14.3 Å². The number of hydrogen-bond acceptors (Lipinski definition) is 6. The number of piperazine rings is 1. The topological polar surface area (TPSA) is 104 Å². The van der Waals surface area contributed by atoms with Crippen LogP contribution in [0.4, 0.5) is 14.9 Å². The van der Waals surface area contributed by atoms with Gasteiger partial charge in [0.05, 0.1) is 19.4 Å². The highest BCUT2D eigenvalue weighted by atomic mass is 19.1. The fourth-order valence-electron chi connectivity index (χ4n) is 3.38. The Labute approximate surface area is 173 Å². The van der Waals surface area contributed by atoms with E-state index in [2.05, 4.69) is 15.2 Å². The molecule has 2 N–H and O–H groups in total. The van der Waals surface area contributed by atoms with Crippen molar-refractivity contribution >= 4 is 34.6 Å². The first-order valence-corrected chi connectivity index (χ1v) is 9.76. The maximum absolute atomic E-state index is 13.7. The summed E-state index contributed by atoms with van der Waals surface area (Å²) in [6.07, 6.45) is -0.140. The summed E-state index contributed by atoms with van der Waals surface area (Å²) in [4.78, 5) is 42.9. The number of methoxy groups -OCH3 is 1. The predicted molar refractivity (Wildman–Crippen MR) is 108 cm³/mol. The number of anilines is 1. The summed E-state index contributed by atoms with van der Waals surface area (Å²) >= 11 is 0. The first-order valence-electron chi connectivity index (χ1n) is 9.76. The highest BCUT2D eigenvalue weighted by Crippen LogP contribution is 2.29. The van der Waals surface area contributed by atoms with Gasteiger partial charge in [-0.15, -0.1) is 0 Å². The lowest BCUT2D eigenvalue weighted by Crippen LogP contribution is -2.49. The summed E-state index contributed by atoms with van der Waals surface area (Å²) in [5, 5.41) is 3.11. The lowest BCUT2D eigenvalue weighted by atomic mass is 10.2. The van der Waals surface area contributed by atoms with Gasteiger partial charge in [0.25, 0.3) is 0 Å². The molecule has 1 aliphatic heterocycles.